The summed E-state index contributed by atoms with van der Waals surface area (Å²) in [5, 5.41) is 10.8. The molecule has 3 atom stereocenters. The largest absolute Gasteiger partial charge is 0.394 e. The maximum absolute atomic E-state index is 11.8. The molecule has 0 spiro atoms. The van der Waals surface area contributed by atoms with Crippen molar-refractivity contribution in [2.75, 3.05) is 39.6 Å². The molecule has 14 nitrogen and oxygen atoms in total. The Morgan fingerprint density at radius 2 is 1.18 bits per heavy atom. The fourth-order valence-electron chi connectivity index (χ4n) is 4.93. The molecule has 5 aliphatic heterocycles. The average Bonchev–Trinajstić information content (AvgIpc) is 4.07. The van der Waals surface area contributed by atoms with Crippen molar-refractivity contribution in [2.45, 2.75) is 55.9 Å². The molecule has 17 heteroatoms. The molecular weight excluding hydrogens is 800 g/mol. The molecule has 3 saturated heterocycles. The number of halogens is 1. The van der Waals surface area contributed by atoms with Gasteiger partial charge < -0.3 is 24.6 Å². The van der Waals surface area contributed by atoms with Crippen LogP contribution in [0.1, 0.15) is 56.6 Å². The van der Waals surface area contributed by atoms with Gasteiger partial charge in [0.25, 0.3) is 36.9 Å². The number of rotatable bonds is 8. The van der Waals surface area contributed by atoms with Gasteiger partial charge in [-0.3, -0.25) is 23.5 Å². The van der Waals surface area contributed by atoms with Crippen LogP contribution in [-0.4, -0.2) is 102 Å². The summed E-state index contributed by atoms with van der Waals surface area (Å²) in [6.07, 6.45) is 0.187. The molecule has 57 heavy (non-hydrogen) atoms. The summed E-state index contributed by atoms with van der Waals surface area (Å²) in [7, 11) is -2.08. The van der Waals surface area contributed by atoms with E-state index in [1.807, 2.05) is 38.1 Å². The molecule has 0 saturated carbocycles. The molecule has 3 fully saturated rings. The zero-order chi connectivity index (χ0) is 40.5. The van der Waals surface area contributed by atoms with Crippen LogP contribution in [0, 0.1) is 13.8 Å². The van der Waals surface area contributed by atoms with Gasteiger partial charge in [-0.1, -0.05) is 73.2 Å². The van der Waals surface area contributed by atoms with Crippen LogP contribution < -0.4 is 5.32 Å². The number of hydrogen-bond acceptors (Lipinski definition) is 12. The van der Waals surface area contributed by atoms with Crippen LogP contribution in [0.3, 0.4) is 0 Å². The van der Waals surface area contributed by atoms with Crippen molar-refractivity contribution in [3.05, 3.63) is 130 Å². The fraction of sp³-hybridized carbons (Fsp3) is 0.325. The van der Waals surface area contributed by atoms with Crippen LogP contribution in [0.4, 0.5) is 0 Å². The van der Waals surface area contributed by atoms with Gasteiger partial charge in [-0.15, -0.1) is 0 Å². The van der Waals surface area contributed by atoms with E-state index in [9.17, 15) is 31.2 Å². The van der Waals surface area contributed by atoms with E-state index < -0.39 is 19.2 Å². The van der Waals surface area contributed by atoms with E-state index in [2.05, 4.69) is 10.1 Å². The molecule has 2 N–H and O–H groups in total. The Labute approximate surface area is 338 Å². The molecule has 0 radical (unpaired) electrons. The Hall–Kier alpha value is -4.52. The molecule has 0 unspecified atom stereocenters. The first-order chi connectivity index (χ1) is 26.7. The van der Waals surface area contributed by atoms with Gasteiger partial charge in [-0.25, -0.2) is 8.42 Å². The van der Waals surface area contributed by atoms with E-state index in [1.54, 1.807) is 60.7 Å². The highest BCUT2D eigenvalue weighted by atomic mass is 35.7. The second kappa shape index (κ2) is 20.3. The summed E-state index contributed by atoms with van der Waals surface area (Å²) in [6, 6.07) is 27.5. The minimum absolute atomic E-state index is 0. The molecule has 5 heterocycles. The standard InChI is InChI=1S/C11H9NO3.C10H12O4S.C8H7NO.C7H7ClO2S.C3H6O2.CH4.H2/c13-10-8-3-1-2-4-9(8)11(14)12(10)5-7-6-15-7;1-8-2-4-10(5-3-8)15(11,12)14-7-9-6-13-9;10-8-7-4-2-1-3-6(7)5-9-8;1-6-2-4-7(5-3-6)11(8,9)10;4-1-3-2-5-3;;/h1-4,7H,5-6H2;2-5,9H,6-7H2,1H3;1-4H,5H2,(H,9,10);2-5H,1H3;3-4H,1-2H2;1H4;1H/t7-;9-;;;3-;;/m01..0../s1/i;;;;;;1+1. The zero-order valence-electron chi connectivity index (χ0n) is 30.5. The number of fused-ring (bicyclic) bond motifs is 2. The maximum Gasteiger partial charge on any atom is 0.297 e. The summed E-state index contributed by atoms with van der Waals surface area (Å²) >= 11 is 0. The molecular formula is C40H47ClN2O12S2. The number of epoxide rings is 3. The third kappa shape index (κ3) is 13.8. The number of aliphatic hydroxyl groups excluding tert-OH is 1. The second-order valence-electron chi connectivity index (χ2n) is 13.0. The molecule has 0 aromatic heterocycles. The monoisotopic (exact) mass is 847 g/mol. The molecule has 4 aromatic carbocycles. The van der Waals surface area contributed by atoms with Crippen LogP contribution >= 0.6 is 10.7 Å². The van der Waals surface area contributed by atoms with Crippen molar-refractivity contribution in [1.82, 2.24) is 10.2 Å². The third-order valence-corrected chi connectivity index (χ3v) is 11.1. The van der Waals surface area contributed by atoms with E-state index in [1.165, 1.54) is 17.0 Å². The highest BCUT2D eigenvalue weighted by Crippen LogP contribution is 2.25. The van der Waals surface area contributed by atoms with Gasteiger partial charge >= 0.3 is 0 Å². The van der Waals surface area contributed by atoms with E-state index in [0.717, 1.165) is 28.9 Å². The van der Waals surface area contributed by atoms with Crippen LogP contribution in [0.25, 0.3) is 0 Å². The number of carbonyl (C=O) groups excluding carboxylic acids is 3. The Bertz CT molecular complexity index is 2200. The molecule has 0 aliphatic carbocycles. The number of nitrogens with one attached hydrogen (secondary N) is 1. The van der Waals surface area contributed by atoms with Crippen LogP contribution in [0.5, 0.6) is 0 Å². The first-order valence-corrected chi connectivity index (χ1v) is 21.1. The number of amides is 3. The molecule has 9 rings (SSSR count). The van der Waals surface area contributed by atoms with Crippen molar-refractivity contribution in [1.29, 1.82) is 0 Å². The zero-order valence-corrected chi connectivity index (χ0v) is 32.9. The first kappa shape index (κ1) is 45.2. The van der Waals surface area contributed by atoms with Crippen LogP contribution in [0.2, 0.25) is 0 Å². The molecule has 0 bridgehead atoms. The number of carbonyl (C=O) groups is 3. The average molecular weight is 848 g/mol. The lowest BCUT2D eigenvalue weighted by atomic mass is 10.1. The second-order valence-corrected chi connectivity index (χ2v) is 17.1. The quantitative estimate of drug-likeness (QED) is 0.105. The summed E-state index contributed by atoms with van der Waals surface area (Å²) in [6.45, 7) is 7.14. The number of hydrogen-bond donors (Lipinski definition) is 2. The summed E-state index contributed by atoms with van der Waals surface area (Å²) < 4.78 is 63.9. The normalized spacial score (nSPS) is 19.2. The number of ether oxygens (including phenoxy) is 3. The number of nitrogens with zero attached hydrogens (tertiary/aromatic N) is 1. The van der Waals surface area contributed by atoms with Crippen molar-refractivity contribution >= 4 is 47.6 Å². The van der Waals surface area contributed by atoms with Crippen molar-refractivity contribution in [3.63, 3.8) is 0 Å². The number of aliphatic hydroxyl groups is 1. The predicted octanol–water partition coefficient (Wildman–Crippen LogP) is 4.89. The van der Waals surface area contributed by atoms with Gasteiger partial charge in [-0.05, 0) is 61.9 Å². The minimum atomic E-state index is -3.61. The Morgan fingerprint density at radius 3 is 1.60 bits per heavy atom. The van der Waals surface area contributed by atoms with Gasteiger partial charge in [0.1, 0.15) is 12.2 Å². The Balaban J connectivity index is 0.000000199. The van der Waals surface area contributed by atoms with E-state index >= 15 is 0 Å². The van der Waals surface area contributed by atoms with Crippen LogP contribution in [-0.2, 0) is 44.1 Å². The first-order valence-electron chi connectivity index (χ1n) is 17.4. The van der Waals surface area contributed by atoms with Gasteiger partial charge in [0.05, 0.1) is 66.6 Å². The lowest BCUT2D eigenvalue weighted by Crippen LogP contribution is -2.33. The molecule has 4 aromatic rings. The van der Waals surface area contributed by atoms with Gasteiger partial charge in [0.2, 0.25) is 0 Å². The molecule has 3 amide bonds. The smallest absolute Gasteiger partial charge is 0.297 e. The summed E-state index contributed by atoms with van der Waals surface area (Å²) in [5.41, 5.74) is 4.95. The predicted molar refractivity (Wildman–Crippen MR) is 213 cm³/mol. The van der Waals surface area contributed by atoms with Crippen molar-refractivity contribution in [2.24, 2.45) is 0 Å². The van der Waals surface area contributed by atoms with E-state index in [0.29, 0.717) is 37.4 Å². The molecule has 5 aliphatic rings. The number of aryl methyl sites for hydroxylation is 2. The highest BCUT2D eigenvalue weighted by Gasteiger charge is 2.39. The lowest BCUT2D eigenvalue weighted by molar-refractivity contribution is 0.0642. The Morgan fingerprint density at radius 1 is 0.719 bits per heavy atom. The highest BCUT2D eigenvalue weighted by molar-refractivity contribution is 8.13. The van der Waals surface area contributed by atoms with Crippen molar-refractivity contribution < 1.29 is 56.1 Å². The van der Waals surface area contributed by atoms with Gasteiger partial charge in [0.15, 0.2) is 0 Å². The SMILES string of the molecule is C.Cc1ccc(S(=O)(=O)Cl)cc1.Cc1ccc(S(=O)(=O)OC[C@H]2CO2)cc1.O=C1NCc2ccccc21.O=C1c2ccccc2C(=O)N1C[C@H]1CO1.OC[C@H]1CO1.[2HH]. The van der Waals surface area contributed by atoms with E-state index in [-0.39, 0.29) is 67.9 Å². The number of benzene rings is 4. The van der Waals surface area contributed by atoms with Crippen molar-refractivity contribution in [3.8, 4) is 0 Å². The summed E-state index contributed by atoms with van der Waals surface area (Å²) in [4.78, 5) is 36.2. The fourth-order valence-corrected chi connectivity index (χ4v) is 6.63. The topological polar surface area (TPSA) is 202 Å². The third-order valence-electron chi connectivity index (χ3n) is 8.40. The minimum Gasteiger partial charge on any atom is -0.394 e. The molecule has 308 valence electrons. The maximum atomic E-state index is 11.8. The summed E-state index contributed by atoms with van der Waals surface area (Å²) in [5.74, 6) is -0.354. The lowest BCUT2D eigenvalue weighted by Gasteiger charge is -2.10. The van der Waals surface area contributed by atoms with E-state index in [4.69, 9.17) is 29.4 Å². The number of imide groups is 1. The van der Waals surface area contributed by atoms with Gasteiger partial charge in [-0.2, -0.15) is 8.42 Å². The van der Waals surface area contributed by atoms with Gasteiger partial charge in [0, 0.05) is 24.2 Å². The Kier molecular flexibility index (Phi) is 16.1. The van der Waals surface area contributed by atoms with Crippen LogP contribution in [0.15, 0.2) is 107 Å².